The average molecular weight is 633 g/mol. The summed E-state index contributed by atoms with van der Waals surface area (Å²) < 4.78 is 6.46. The molecule has 0 aliphatic carbocycles. The van der Waals surface area contributed by atoms with Gasteiger partial charge in [-0.3, -0.25) is 19.4 Å². The Bertz CT molecular complexity index is 1320. The quantitative estimate of drug-likeness (QED) is 0.135. The summed E-state index contributed by atoms with van der Waals surface area (Å²) in [5.41, 5.74) is 3.51. The number of rotatable bonds is 13. The Labute approximate surface area is 278 Å². The van der Waals surface area contributed by atoms with Crippen molar-refractivity contribution in [1.29, 1.82) is 0 Å². The van der Waals surface area contributed by atoms with Gasteiger partial charge in [0, 0.05) is 35.1 Å². The number of hydrogen-bond donors (Lipinski definition) is 1. The molecule has 254 valence electrons. The first kappa shape index (κ1) is 36.1. The van der Waals surface area contributed by atoms with Crippen LogP contribution < -0.4 is 4.74 Å². The molecule has 2 saturated heterocycles. The van der Waals surface area contributed by atoms with Crippen LogP contribution in [0.5, 0.6) is 5.75 Å². The molecule has 6 heteroatoms. The zero-order chi connectivity index (χ0) is 33.6. The largest absolute Gasteiger partial charge is 0.481 e. The number of esters is 1. The number of carbonyl (C=O) groups is 2. The molecule has 0 bridgehead atoms. The van der Waals surface area contributed by atoms with Crippen molar-refractivity contribution in [2.45, 2.75) is 141 Å². The lowest BCUT2D eigenvalue weighted by atomic mass is 9.75. The van der Waals surface area contributed by atoms with Crippen LogP contribution in [-0.4, -0.2) is 52.0 Å². The predicted octanol–water partition coefficient (Wildman–Crippen LogP) is 9.55. The molecule has 2 fully saturated rings. The van der Waals surface area contributed by atoms with Crippen LogP contribution in [-0.2, 0) is 9.59 Å². The first-order valence-corrected chi connectivity index (χ1v) is 17.8. The highest BCUT2D eigenvalue weighted by molar-refractivity contribution is 5.81. The van der Waals surface area contributed by atoms with Crippen molar-refractivity contribution in [2.24, 2.45) is 11.8 Å². The van der Waals surface area contributed by atoms with E-state index in [-0.39, 0.29) is 41.5 Å². The number of para-hydroxylation sites is 1. The maximum Gasteiger partial charge on any atom is 0.318 e. The van der Waals surface area contributed by atoms with E-state index in [1.165, 1.54) is 5.56 Å². The van der Waals surface area contributed by atoms with Gasteiger partial charge in [-0.05, 0) is 109 Å². The second-order valence-electron chi connectivity index (χ2n) is 15.4. The van der Waals surface area contributed by atoms with E-state index in [9.17, 15) is 9.59 Å². The number of aliphatic carboxylic acids is 1. The lowest BCUT2D eigenvalue weighted by molar-refractivity contribution is -0.137. The highest BCUT2D eigenvalue weighted by Gasteiger charge is 2.42. The maximum absolute atomic E-state index is 14.4. The van der Waals surface area contributed by atoms with Crippen molar-refractivity contribution in [3.63, 3.8) is 0 Å². The van der Waals surface area contributed by atoms with E-state index in [1.807, 2.05) is 12.1 Å². The number of hydrogen-bond acceptors (Lipinski definition) is 5. The zero-order valence-electron chi connectivity index (χ0n) is 29.9. The monoisotopic (exact) mass is 632 g/mol. The molecule has 0 saturated carbocycles. The summed E-state index contributed by atoms with van der Waals surface area (Å²) >= 11 is 0. The number of unbranched alkanes of at least 4 members (excludes halogenated alkanes) is 4. The molecule has 0 aromatic heterocycles. The van der Waals surface area contributed by atoms with Crippen molar-refractivity contribution in [3.05, 3.63) is 65.2 Å². The molecule has 0 amide bonds. The fourth-order valence-electron chi connectivity index (χ4n) is 7.85. The summed E-state index contributed by atoms with van der Waals surface area (Å²) in [6, 6.07) is 17.1. The highest BCUT2D eigenvalue weighted by Crippen LogP contribution is 2.46. The minimum atomic E-state index is -0.734. The van der Waals surface area contributed by atoms with Gasteiger partial charge in [0.05, 0.1) is 5.92 Å². The van der Waals surface area contributed by atoms with Crippen LogP contribution in [0.15, 0.2) is 48.5 Å². The van der Waals surface area contributed by atoms with Gasteiger partial charge in [-0.15, -0.1) is 0 Å². The summed E-state index contributed by atoms with van der Waals surface area (Å²) in [6.07, 6.45) is 9.75. The number of nitrogens with zero attached hydrogens (tertiary/aromatic N) is 2. The van der Waals surface area contributed by atoms with Gasteiger partial charge in [0.1, 0.15) is 5.75 Å². The summed E-state index contributed by atoms with van der Waals surface area (Å²) in [4.78, 5) is 30.3. The highest BCUT2D eigenvalue weighted by atomic mass is 16.5. The fourth-order valence-corrected chi connectivity index (χ4v) is 7.85. The van der Waals surface area contributed by atoms with Gasteiger partial charge in [-0.25, -0.2) is 0 Å². The molecule has 5 unspecified atom stereocenters. The van der Waals surface area contributed by atoms with E-state index in [2.05, 4.69) is 102 Å². The van der Waals surface area contributed by atoms with Crippen LogP contribution in [0.25, 0.3) is 0 Å². The first-order chi connectivity index (χ1) is 21.8. The van der Waals surface area contributed by atoms with Gasteiger partial charge in [0.15, 0.2) is 0 Å². The molecule has 5 atom stereocenters. The number of carbonyl (C=O) groups excluding carboxylic acids is 1. The molecule has 4 rings (SSSR count). The minimum Gasteiger partial charge on any atom is -0.481 e. The molecule has 6 nitrogen and oxygen atoms in total. The number of carboxylic acids is 1. The third kappa shape index (κ3) is 8.05. The molecule has 46 heavy (non-hydrogen) atoms. The van der Waals surface area contributed by atoms with E-state index in [1.54, 1.807) is 0 Å². The molecule has 2 heterocycles. The van der Waals surface area contributed by atoms with Crippen molar-refractivity contribution >= 4 is 11.9 Å². The van der Waals surface area contributed by atoms with E-state index >= 15 is 0 Å². The van der Waals surface area contributed by atoms with Gasteiger partial charge in [-0.1, -0.05) is 82.0 Å². The number of piperidine rings is 2. The molecule has 0 radical (unpaired) electrons. The normalized spacial score (nSPS) is 25.6. The molecule has 1 N–H and O–H groups in total. The number of carboxylic acid groups (broad SMARTS) is 1. The summed E-state index contributed by atoms with van der Waals surface area (Å²) in [5.74, 6) is 0.560. The van der Waals surface area contributed by atoms with Crippen molar-refractivity contribution < 1.29 is 19.4 Å². The van der Waals surface area contributed by atoms with Gasteiger partial charge in [0.2, 0.25) is 0 Å². The molecular weight excluding hydrogens is 572 g/mol. The third-order valence-corrected chi connectivity index (χ3v) is 12.3. The van der Waals surface area contributed by atoms with Crippen LogP contribution in [0, 0.1) is 11.8 Å². The van der Waals surface area contributed by atoms with Crippen molar-refractivity contribution in [1.82, 2.24) is 9.80 Å². The number of ether oxygens (including phenoxy) is 1. The van der Waals surface area contributed by atoms with Gasteiger partial charge >= 0.3 is 11.9 Å². The van der Waals surface area contributed by atoms with E-state index in [0.29, 0.717) is 30.4 Å². The van der Waals surface area contributed by atoms with Crippen LogP contribution in [0.2, 0.25) is 0 Å². The third-order valence-electron chi connectivity index (χ3n) is 12.3. The smallest absolute Gasteiger partial charge is 0.318 e. The Hall–Kier alpha value is -2.70. The van der Waals surface area contributed by atoms with Crippen LogP contribution in [0.3, 0.4) is 0 Å². The lowest BCUT2D eigenvalue weighted by Crippen LogP contribution is -2.51. The molecule has 0 spiro atoms. The Morgan fingerprint density at radius 3 is 1.87 bits per heavy atom. The van der Waals surface area contributed by atoms with E-state index < -0.39 is 5.97 Å². The Balaban J connectivity index is 1.61. The SMILES string of the molecule is CC1CCC(c2ccccc2OC(=O)C(CCCCCCCC(=O)O)c2ccccc2C2CCC(C)C(C)(C)N2C)N(C)C1(C)C. The second kappa shape index (κ2) is 15.5. The molecular formula is C40H60N2O4. The lowest BCUT2D eigenvalue weighted by Gasteiger charge is -2.50. The zero-order valence-corrected chi connectivity index (χ0v) is 29.9. The predicted molar refractivity (Wildman–Crippen MR) is 187 cm³/mol. The molecule has 2 aliphatic heterocycles. The fraction of sp³-hybridized carbons (Fsp3) is 0.650. The van der Waals surface area contributed by atoms with Gasteiger partial charge in [0.25, 0.3) is 0 Å². The Kier molecular flexibility index (Phi) is 12.2. The second-order valence-corrected chi connectivity index (χ2v) is 15.4. The summed E-state index contributed by atoms with van der Waals surface area (Å²) in [6.45, 7) is 14.0. The summed E-state index contributed by atoms with van der Waals surface area (Å²) in [5, 5.41) is 8.99. The molecule has 2 aromatic carbocycles. The Morgan fingerprint density at radius 2 is 1.26 bits per heavy atom. The van der Waals surface area contributed by atoms with Crippen LogP contribution in [0.4, 0.5) is 0 Å². The molecule has 2 aliphatic rings. The van der Waals surface area contributed by atoms with Crippen LogP contribution >= 0.6 is 0 Å². The van der Waals surface area contributed by atoms with Gasteiger partial charge in [-0.2, -0.15) is 0 Å². The average Bonchev–Trinajstić information content (AvgIpc) is 3.01. The van der Waals surface area contributed by atoms with Crippen LogP contribution in [0.1, 0.15) is 147 Å². The Morgan fingerprint density at radius 1 is 0.761 bits per heavy atom. The van der Waals surface area contributed by atoms with E-state index in [4.69, 9.17) is 9.84 Å². The van der Waals surface area contributed by atoms with Gasteiger partial charge < -0.3 is 9.84 Å². The first-order valence-electron chi connectivity index (χ1n) is 17.8. The molecule has 2 aromatic rings. The summed E-state index contributed by atoms with van der Waals surface area (Å²) in [7, 11) is 4.44. The topological polar surface area (TPSA) is 70.1 Å². The minimum absolute atomic E-state index is 0.0449. The van der Waals surface area contributed by atoms with Crippen molar-refractivity contribution in [2.75, 3.05) is 14.1 Å². The standard InChI is InChI=1S/C40H60N2O4/c1-28-24-26-34(41(7)39(28,3)4)31-19-15-14-18-30(31)32(20-12-10-9-11-13-23-37(43)44)38(45)46-36-22-17-16-21-33(36)35-27-25-29(2)40(5,6)42(35)8/h14-19,21-22,28-29,32,34-35H,9-13,20,23-27H2,1-8H3,(H,43,44). The van der Waals surface area contributed by atoms with Crippen molar-refractivity contribution in [3.8, 4) is 5.75 Å². The van der Waals surface area contributed by atoms with E-state index in [0.717, 1.165) is 62.5 Å². The number of benzene rings is 2. The number of likely N-dealkylation sites (tertiary alicyclic amines) is 2. The maximum atomic E-state index is 14.4.